The number of hydrogen-bond acceptors (Lipinski definition) is 4. The van der Waals surface area contributed by atoms with Crippen LogP contribution in [0.2, 0.25) is 0 Å². The van der Waals surface area contributed by atoms with Crippen LogP contribution in [0.25, 0.3) is 0 Å². The molecule has 84 valence electrons. The van der Waals surface area contributed by atoms with Crippen LogP contribution in [0.4, 0.5) is 0 Å². The Kier molecular flexibility index (Phi) is 5.08. The molecule has 5 heteroatoms. The molecular weight excluding hydrogens is 194 g/mol. The first-order valence-electron chi connectivity index (χ1n) is 5.24. The van der Waals surface area contributed by atoms with Crippen molar-refractivity contribution in [1.82, 2.24) is 10.2 Å². The maximum Gasteiger partial charge on any atom is 0.317 e. The number of nitrogens with zero attached hydrogens (tertiary/aromatic N) is 2. The second-order valence-electron chi connectivity index (χ2n) is 3.93. The summed E-state index contributed by atoms with van der Waals surface area (Å²) in [6.45, 7) is 3.13. The lowest BCUT2D eigenvalue weighted by atomic mass is 9.98. The molecule has 0 aliphatic carbocycles. The monoisotopic (exact) mass is 211 g/mol. The molecule has 0 radical (unpaired) electrons. The number of carbonyl (C=O) groups is 1. The third kappa shape index (κ3) is 4.77. The highest BCUT2D eigenvalue weighted by Gasteiger charge is 2.19. The van der Waals surface area contributed by atoms with Crippen molar-refractivity contribution in [2.75, 3.05) is 32.7 Å². The Hall–Kier alpha value is -1.12. The van der Waals surface area contributed by atoms with Gasteiger partial charge in [0, 0.05) is 6.54 Å². The second kappa shape index (κ2) is 6.38. The van der Waals surface area contributed by atoms with Gasteiger partial charge < -0.3 is 10.4 Å². The molecule has 1 fully saturated rings. The number of rotatable bonds is 5. The molecule has 0 aromatic carbocycles. The van der Waals surface area contributed by atoms with Gasteiger partial charge in [0.15, 0.2) is 0 Å². The van der Waals surface area contributed by atoms with E-state index >= 15 is 0 Å². The van der Waals surface area contributed by atoms with Crippen LogP contribution < -0.4 is 5.32 Å². The van der Waals surface area contributed by atoms with Crippen molar-refractivity contribution in [3.63, 3.8) is 0 Å². The zero-order chi connectivity index (χ0) is 11.1. The van der Waals surface area contributed by atoms with Crippen LogP contribution in [0.15, 0.2) is 0 Å². The van der Waals surface area contributed by atoms with Crippen LogP contribution in [0.5, 0.6) is 0 Å². The normalized spacial score (nSPS) is 22.2. The summed E-state index contributed by atoms with van der Waals surface area (Å²) < 4.78 is 0. The van der Waals surface area contributed by atoms with E-state index in [0.29, 0.717) is 12.5 Å². The Labute approximate surface area is 89.7 Å². The predicted octanol–water partition coefficient (Wildman–Crippen LogP) is -0.104. The minimum Gasteiger partial charge on any atom is -0.480 e. The van der Waals surface area contributed by atoms with Gasteiger partial charge in [0.25, 0.3) is 0 Å². The van der Waals surface area contributed by atoms with E-state index in [1.165, 1.54) is 0 Å². The average molecular weight is 211 g/mol. The molecule has 0 spiro atoms. The molecule has 1 rings (SSSR count). The Morgan fingerprint density at radius 2 is 2.47 bits per heavy atom. The molecule has 1 atom stereocenters. The molecule has 1 unspecified atom stereocenters. The van der Waals surface area contributed by atoms with Crippen molar-refractivity contribution in [2.24, 2.45) is 5.92 Å². The van der Waals surface area contributed by atoms with Gasteiger partial charge >= 0.3 is 5.97 Å². The molecule has 0 saturated carbocycles. The van der Waals surface area contributed by atoms with Crippen LogP contribution in [0.1, 0.15) is 12.8 Å². The third-order valence-electron chi connectivity index (χ3n) is 2.61. The number of nitrogens with one attached hydrogen (secondary N) is 1. The summed E-state index contributed by atoms with van der Waals surface area (Å²) in [4.78, 5) is 12.4. The van der Waals surface area contributed by atoms with Gasteiger partial charge in [-0.2, -0.15) is 5.26 Å². The van der Waals surface area contributed by atoms with Crippen molar-refractivity contribution in [3.05, 3.63) is 0 Å². The van der Waals surface area contributed by atoms with Crippen molar-refractivity contribution < 1.29 is 9.90 Å². The number of likely N-dealkylation sites (tertiary alicyclic amines) is 1. The van der Waals surface area contributed by atoms with Gasteiger partial charge in [0.05, 0.1) is 19.2 Å². The van der Waals surface area contributed by atoms with Gasteiger partial charge in [0.2, 0.25) is 0 Å². The Morgan fingerprint density at radius 3 is 3.13 bits per heavy atom. The average Bonchev–Trinajstić information content (AvgIpc) is 2.18. The Balaban J connectivity index is 2.18. The summed E-state index contributed by atoms with van der Waals surface area (Å²) in [5, 5.41) is 19.9. The van der Waals surface area contributed by atoms with Gasteiger partial charge in [-0.15, -0.1) is 0 Å². The lowest BCUT2D eigenvalue weighted by Crippen LogP contribution is -2.40. The quantitative estimate of drug-likeness (QED) is 0.621. The van der Waals surface area contributed by atoms with Crippen molar-refractivity contribution in [3.8, 4) is 6.07 Å². The topological polar surface area (TPSA) is 76.4 Å². The number of aliphatic carboxylic acids is 1. The molecule has 0 aromatic rings. The fourth-order valence-electron chi connectivity index (χ4n) is 1.94. The van der Waals surface area contributed by atoms with E-state index < -0.39 is 5.97 Å². The van der Waals surface area contributed by atoms with Gasteiger partial charge in [-0.1, -0.05) is 0 Å². The molecule has 1 aliphatic rings. The van der Waals surface area contributed by atoms with Gasteiger partial charge in [-0.25, -0.2) is 0 Å². The summed E-state index contributed by atoms with van der Waals surface area (Å²) in [5.41, 5.74) is 0. The smallest absolute Gasteiger partial charge is 0.317 e. The molecule has 0 aromatic heterocycles. The number of nitriles is 1. The van der Waals surface area contributed by atoms with Crippen molar-refractivity contribution in [1.29, 1.82) is 5.26 Å². The van der Waals surface area contributed by atoms with E-state index in [2.05, 4.69) is 16.3 Å². The van der Waals surface area contributed by atoms with Crippen LogP contribution in [0.3, 0.4) is 0 Å². The minimum atomic E-state index is -0.820. The molecule has 0 bridgehead atoms. The number of carboxylic acids is 1. The molecule has 2 N–H and O–H groups in total. The van der Waals surface area contributed by atoms with Crippen LogP contribution in [-0.2, 0) is 4.79 Å². The van der Waals surface area contributed by atoms with E-state index in [-0.39, 0.29) is 6.54 Å². The van der Waals surface area contributed by atoms with E-state index in [1.54, 1.807) is 0 Å². The number of carboxylic acid groups (broad SMARTS) is 1. The van der Waals surface area contributed by atoms with Crippen molar-refractivity contribution in [2.45, 2.75) is 12.8 Å². The first kappa shape index (κ1) is 12.0. The second-order valence-corrected chi connectivity index (χ2v) is 3.93. The molecule has 1 aliphatic heterocycles. The summed E-state index contributed by atoms with van der Waals surface area (Å²) in [6.07, 6.45) is 2.22. The standard InChI is InChI=1S/C10H17N3O2/c11-3-5-13-4-1-2-9(8-13)6-12-7-10(14)15/h9,12H,1-2,4-8H2,(H,14,15). The Bertz CT molecular complexity index is 250. The highest BCUT2D eigenvalue weighted by molar-refractivity contribution is 5.68. The summed E-state index contributed by atoms with van der Waals surface area (Å²) in [6, 6.07) is 2.14. The first-order chi connectivity index (χ1) is 7.22. The van der Waals surface area contributed by atoms with E-state index in [4.69, 9.17) is 10.4 Å². The zero-order valence-electron chi connectivity index (χ0n) is 8.78. The lowest BCUT2D eigenvalue weighted by Gasteiger charge is -2.30. The van der Waals surface area contributed by atoms with Gasteiger partial charge in [0.1, 0.15) is 0 Å². The minimum absolute atomic E-state index is 0.0226. The zero-order valence-corrected chi connectivity index (χ0v) is 8.78. The van der Waals surface area contributed by atoms with Gasteiger partial charge in [-0.3, -0.25) is 9.69 Å². The van der Waals surface area contributed by atoms with E-state index in [1.807, 2.05) is 0 Å². The largest absolute Gasteiger partial charge is 0.480 e. The predicted molar refractivity (Wildman–Crippen MR) is 55.3 cm³/mol. The van der Waals surface area contributed by atoms with Crippen molar-refractivity contribution >= 4 is 5.97 Å². The SMILES string of the molecule is N#CCN1CCCC(CNCC(=O)O)C1. The number of piperidine rings is 1. The molecular formula is C10H17N3O2. The molecule has 0 amide bonds. The maximum atomic E-state index is 10.3. The first-order valence-corrected chi connectivity index (χ1v) is 5.24. The van der Waals surface area contributed by atoms with Crippen LogP contribution in [0, 0.1) is 17.2 Å². The third-order valence-corrected chi connectivity index (χ3v) is 2.61. The fraction of sp³-hybridized carbons (Fsp3) is 0.800. The summed E-state index contributed by atoms with van der Waals surface area (Å²) in [5.74, 6) is -0.342. The highest BCUT2D eigenvalue weighted by Crippen LogP contribution is 2.14. The Morgan fingerprint density at radius 1 is 1.67 bits per heavy atom. The molecule has 1 heterocycles. The van der Waals surface area contributed by atoms with Crippen LogP contribution >= 0.6 is 0 Å². The maximum absolute atomic E-state index is 10.3. The fourth-order valence-corrected chi connectivity index (χ4v) is 1.94. The lowest BCUT2D eigenvalue weighted by molar-refractivity contribution is -0.136. The van der Waals surface area contributed by atoms with Crippen LogP contribution in [-0.4, -0.2) is 48.7 Å². The van der Waals surface area contributed by atoms with E-state index in [0.717, 1.165) is 32.5 Å². The summed E-state index contributed by atoms with van der Waals surface area (Å²) in [7, 11) is 0. The highest BCUT2D eigenvalue weighted by atomic mass is 16.4. The van der Waals surface area contributed by atoms with E-state index in [9.17, 15) is 4.79 Å². The summed E-state index contributed by atoms with van der Waals surface area (Å²) >= 11 is 0. The molecule has 5 nitrogen and oxygen atoms in total. The number of hydrogen-bond donors (Lipinski definition) is 2. The molecule has 15 heavy (non-hydrogen) atoms. The van der Waals surface area contributed by atoms with Gasteiger partial charge in [-0.05, 0) is 31.8 Å². The molecule has 1 saturated heterocycles.